The highest BCUT2D eigenvalue weighted by Gasteiger charge is 1.88. The number of ether oxygens (including phenoxy) is 1. The van der Waals surface area contributed by atoms with E-state index in [-0.39, 0.29) is 0 Å². The van der Waals surface area contributed by atoms with Crippen LogP contribution in [0.5, 0.6) is 0 Å². The molecule has 0 aliphatic rings. The van der Waals surface area contributed by atoms with Crippen molar-refractivity contribution in [3.63, 3.8) is 0 Å². The van der Waals surface area contributed by atoms with Crippen molar-refractivity contribution < 1.29 is 9.84 Å². The van der Waals surface area contributed by atoms with Gasteiger partial charge < -0.3 is 20.5 Å². The molecule has 0 unspecified atom stereocenters. The van der Waals surface area contributed by atoms with Gasteiger partial charge in [0.25, 0.3) is 0 Å². The van der Waals surface area contributed by atoms with Crippen LogP contribution in [0.1, 0.15) is 12.8 Å². The summed E-state index contributed by atoms with van der Waals surface area (Å²) in [5.41, 5.74) is 0. The zero-order valence-electron chi connectivity index (χ0n) is 8.51. The lowest BCUT2D eigenvalue weighted by Gasteiger charge is -2.05. The Balaban J connectivity index is 2.76. The van der Waals surface area contributed by atoms with E-state index in [0.717, 1.165) is 45.6 Å². The molecule has 13 heavy (non-hydrogen) atoms. The molecule has 0 saturated heterocycles. The number of methoxy groups -OCH3 is 1. The summed E-state index contributed by atoms with van der Waals surface area (Å²) < 4.78 is 4.89. The summed E-state index contributed by atoms with van der Waals surface area (Å²) in [6.45, 7) is 4.93. The molecule has 0 amide bonds. The van der Waals surface area contributed by atoms with E-state index in [2.05, 4.69) is 10.6 Å². The molecule has 4 heteroatoms. The van der Waals surface area contributed by atoms with Crippen LogP contribution in [-0.2, 0) is 4.74 Å². The summed E-state index contributed by atoms with van der Waals surface area (Å²) in [6.07, 6.45) is 1.94. The summed E-state index contributed by atoms with van der Waals surface area (Å²) in [4.78, 5) is 0. The van der Waals surface area contributed by atoms with Crippen LogP contribution in [0.3, 0.4) is 0 Å². The maximum absolute atomic E-state index is 8.51. The monoisotopic (exact) mass is 190 g/mol. The first kappa shape index (κ1) is 12.8. The average Bonchev–Trinajstić information content (AvgIpc) is 2.16. The molecule has 0 aromatic carbocycles. The molecule has 0 heterocycles. The molecular weight excluding hydrogens is 168 g/mol. The number of nitrogens with one attached hydrogen (secondary N) is 2. The van der Waals surface area contributed by atoms with Gasteiger partial charge >= 0.3 is 0 Å². The molecule has 0 bridgehead atoms. The number of aliphatic hydroxyl groups is 1. The van der Waals surface area contributed by atoms with Crippen LogP contribution in [0.4, 0.5) is 0 Å². The second-order valence-corrected chi connectivity index (χ2v) is 2.92. The van der Waals surface area contributed by atoms with Crippen LogP contribution in [0, 0.1) is 0 Å². The van der Waals surface area contributed by atoms with Gasteiger partial charge in [-0.1, -0.05) is 0 Å². The van der Waals surface area contributed by atoms with Gasteiger partial charge in [-0.05, 0) is 19.4 Å². The molecule has 0 aliphatic carbocycles. The molecule has 0 fully saturated rings. The molecule has 4 nitrogen and oxygen atoms in total. The lowest BCUT2D eigenvalue weighted by Crippen LogP contribution is -2.29. The van der Waals surface area contributed by atoms with Crippen LogP contribution in [0.15, 0.2) is 0 Å². The standard InChI is InChI=1S/C9H22N2O2/c1-13-9-7-11-6-5-10-4-2-3-8-12/h10-12H,2-9H2,1H3. The molecule has 0 saturated carbocycles. The summed E-state index contributed by atoms with van der Waals surface area (Å²) in [5.74, 6) is 0. The smallest absolute Gasteiger partial charge is 0.0587 e. The fourth-order valence-corrected chi connectivity index (χ4v) is 0.963. The van der Waals surface area contributed by atoms with Crippen LogP contribution >= 0.6 is 0 Å². The van der Waals surface area contributed by atoms with Crippen LogP contribution in [-0.4, -0.2) is 51.6 Å². The number of hydrogen-bond acceptors (Lipinski definition) is 4. The number of rotatable bonds is 10. The minimum absolute atomic E-state index is 0.299. The van der Waals surface area contributed by atoms with Gasteiger partial charge in [0.2, 0.25) is 0 Å². The van der Waals surface area contributed by atoms with Gasteiger partial charge in [-0.15, -0.1) is 0 Å². The minimum atomic E-state index is 0.299. The van der Waals surface area contributed by atoms with Crippen molar-refractivity contribution in [2.45, 2.75) is 12.8 Å². The second-order valence-electron chi connectivity index (χ2n) is 2.92. The quantitative estimate of drug-likeness (QED) is 0.410. The lowest BCUT2D eigenvalue weighted by atomic mass is 10.3. The normalized spacial score (nSPS) is 10.6. The maximum atomic E-state index is 8.51. The van der Waals surface area contributed by atoms with Gasteiger partial charge in [-0.25, -0.2) is 0 Å². The van der Waals surface area contributed by atoms with E-state index in [1.54, 1.807) is 7.11 Å². The lowest BCUT2D eigenvalue weighted by molar-refractivity contribution is 0.199. The highest BCUT2D eigenvalue weighted by Crippen LogP contribution is 1.82. The van der Waals surface area contributed by atoms with E-state index in [4.69, 9.17) is 9.84 Å². The topological polar surface area (TPSA) is 53.5 Å². The maximum Gasteiger partial charge on any atom is 0.0587 e. The molecule has 80 valence electrons. The van der Waals surface area contributed by atoms with Crippen molar-refractivity contribution in [2.75, 3.05) is 46.5 Å². The Morgan fingerprint density at radius 3 is 2.31 bits per heavy atom. The summed E-state index contributed by atoms with van der Waals surface area (Å²) in [7, 11) is 1.70. The molecule has 0 atom stereocenters. The van der Waals surface area contributed by atoms with Crippen LogP contribution < -0.4 is 10.6 Å². The van der Waals surface area contributed by atoms with Crippen molar-refractivity contribution in [1.29, 1.82) is 0 Å². The molecular formula is C9H22N2O2. The largest absolute Gasteiger partial charge is 0.396 e. The summed E-state index contributed by atoms with van der Waals surface area (Å²) in [5, 5.41) is 15.0. The Kier molecular flexibility index (Phi) is 11.7. The van der Waals surface area contributed by atoms with E-state index >= 15 is 0 Å². The van der Waals surface area contributed by atoms with Crippen molar-refractivity contribution in [3.8, 4) is 0 Å². The van der Waals surface area contributed by atoms with Gasteiger partial charge in [-0.2, -0.15) is 0 Å². The fourth-order valence-electron chi connectivity index (χ4n) is 0.963. The van der Waals surface area contributed by atoms with E-state index in [0.29, 0.717) is 6.61 Å². The van der Waals surface area contributed by atoms with Crippen molar-refractivity contribution >= 4 is 0 Å². The summed E-state index contributed by atoms with van der Waals surface area (Å²) in [6, 6.07) is 0. The van der Waals surface area contributed by atoms with E-state index in [9.17, 15) is 0 Å². The first-order valence-electron chi connectivity index (χ1n) is 4.93. The highest BCUT2D eigenvalue weighted by molar-refractivity contribution is 4.51. The second kappa shape index (κ2) is 11.8. The van der Waals surface area contributed by atoms with Crippen LogP contribution in [0.2, 0.25) is 0 Å². The number of aliphatic hydroxyl groups excluding tert-OH is 1. The Morgan fingerprint density at radius 2 is 1.69 bits per heavy atom. The number of unbranched alkanes of at least 4 members (excludes halogenated alkanes) is 1. The van der Waals surface area contributed by atoms with Gasteiger partial charge in [0.05, 0.1) is 6.61 Å². The van der Waals surface area contributed by atoms with E-state index < -0.39 is 0 Å². The third kappa shape index (κ3) is 11.8. The third-order valence-electron chi connectivity index (χ3n) is 1.72. The molecule has 0 aliphatic heterocycles. The van der Waals surface area contributed by atoms with Gasteiger partial charge in [0.15, 0.2) is 0 Å². The Labute approximate surface area is 80.7 Å². The predicted molar refractivity (Wildman–Crippen MR) is 53.9 cm³/mol. The van der Waals surface area contributed by atoms with Gasteiger partial charge in [0.1, 0.15) is 0 Å². The zero-order valence-corrected chi connectivity index (χ0v) is 8.51. The molecule has 0 radical (unpaired) electrons. The Bertz CT molecular complexity index is 81.7. The first-order chi connectivity index (χ1) is 6.41. The molecule has 0 aromatic rings. The molecule has 0 rings (SSSR count). The molecule has 0 aromatic heterocycles. The van der Waals surface area contributed by atoms with Crippen LogP contribution in [0.25, 0.3) is 0 Å². The number of hydrogen-bond donors (Lipinski definition) is 3. The fraction of sp³-hybridized carbons (Fsp3) is 1.00. The summed E-state index contributed by atoms with van der Waals surface area (Å²) >= 11 is 0. The Hall–Kier alpha value is -0.160. The zero-order chi connectivity index (χ0) is 9.78. The SMILES string of the molecule is COCCNCCNCCCCO. The van der Waals surface area contributed by atoms with Gasteiger partial charge in [0, 0.05) is 33.4 Å². The predicted octanol–water partition coefficient (Wildman–Crippen LogP) is -0.415. The van der Waals surface area contributed by atoms with Crippen molar-refractivity contribution in [3.05, 3.63) is 0 Å². The average molecular weight is 190 g/mol. The van der Waals surface area contributed by atoms with Crippen molar-refractivity contribution in [2.24, 2.45) is 0 Å². The third-order valence-corrected chi connectivity index (χ3v) is 1.72. The van der Waals surface area contributed by atoms with Crippen molar-refractivity contribution in [1.82, 2.24) is 10.6 Å². The van der Waals surface area contributed by atoms with E-state index in [1.807, 2.05) is 0 Å². The first-order valence-corrected chi connectivity index (χ1v) is 4.93. The highest BCUT2D eigenvalue weighted by atomic mass is 16.5. The van der Waals surface area contributed by atoms with E-state index in [1.165, 1.54) is 0 Å². The minimum Gasteiger partial charge on any atom is -0.396 e. The van der Waals surface area contributed by atoms with Gasteiger partial charge in [-0.3, -0.25) is 0 Å². The molecule has 0 spiro atoms. The molecule has 3 N–H and O–H groups in total. The Morgan fingerprint density at radius 1 is 1.00 bits per heavy atom.